The first-order chi connectivity index (χ1) is 6.46. The summed E-state index contributed by atoms with van der Waals surface area (Å²) in [6.45, 7) is 1.75. The van der Waals surface area contributed by atoms with Crippen molar-refractivity contribution in [2.24, 2.45) is 5.41 Å². The molecule has 1 aliphatic carbocycles. The van der Waals surface area contributed by atoms with Gasteiger partial charge in [-0.2, -0.15) is 0 Å². The first kappa shape index (κ1) is 10.2. The average molecular weight is 251 g/mol. The van der Waals surface area contributed by atoms with E-state index < -0.39 is 9.75 Å². The van der Waals surface area contributed by atoms with E-state index in [1.807, 2.05) is 0 Å². The van der Waals surface area contributed by atoms with Crippen LogP contribution in [0.2, 0.25) is 0 Å². The van der Waals surface area contributed by atoms with Gasteiger partial charge in [0.15, 0.2) is 5.13 Å². The summed E-state index contributed by atoms with van der Waals surface area (Å²) in [4.78, 5) is 15.6. The van der Waals surface area contributed by atoms with Gasteiger partial charge in [0.25, 0.3) is 0 Å². The molecule has 0 spiro atoms. The Balaban J connectivity index is 2.05. The molecule has 0 saturated heterocycles. The largest absolute Gasteiger partial charge is 0.301 e. The number of carbonyl (C=O) groups is 1. The predicted molar refractivity (Wildman–Crippen MR) is 57.9 cm³/mol. The fourth-order valence-electron chi connectivity index (χ4n) is 1.17. The summed E-state index contributed by atoms with van der Waals surface area (Å²) < 4.78 is -0.922. The molecule has 0 aliphatic heterocycles. The summed E-state index contributed by atoms with van der Waals surface area (Å²) in [6, 6.07) is 0. The van der Waals surface area contributed by atoms with Crippen molar-refractivity contribution in [3.63, 3.8) is 0 Å². The van der Waals surface area contributed by atoms with Crippen LogP contribution in [0.15, 0.2) is 11.6 Å². The molecule has 1 heterocycles. The number of carbonyl (C=O) groups excluding carboxylic acids is 1. The van der Waals surface area contributed by atoms with Crippen LogP contribution in [0, 0.1) is 5.41 Å². The molecule has 1 N–H and O–H groups in total. The van der Waals surface area contributed by atoms with Crippen molar-refractivity contribution in [3.05, 3.63) is 11.6 Å². The topological polar surface area (TPSA) is 42.0 Å². The Morgan fingerprint density at radius 3 is 2.79 bits per heavy atom. The highest BCUT2D eigenvalue weighted by atomic mass is 35.5. The number of anilines is 1. The molecule has 1 saturated carbocycles. The van der Waals surface area contributed by atoms with Crippen LogP contribution >= 0.6 is 34.5 Å². The van der Waals surface area contributed by atoms with Gasteiger partial charge < -0.3 is 5.32 Å². The molecule has 76 valence electrons. The third kappa shape index (κ3) is 1.51. The van der Waals surface area contributed by atoms with Crippen molar-refractivity contribution in [1.82, 2.24) is 4.98 Å². The Hall–Kier alpha value is -0.320. The zero-order valence-electron chi connectivity index (χ0n) is 7.38. The molecule has 6 heteroatoms. The highest BCUT2D eigenvalue weighted by molar-refractivity contribution is 7.13. The third-order valence-electron chi connectivity index (χ3n) is 2.41. The zero-order chi connectivity index (χ0) is 10.4. The lowest BCUT2D eigenvalue weighted by molar-refractivity contribution is -0.120. The summed E-state index contributed by atoms with van der Waals surface area (Å²) in [7, 11) is 0. The second kappa shape index (κ2) is 3.08. The van der Waals surface area contributed by atoms with E-state index in [4.69, 9.17) is 23.2 Å². The number of halogens is 2. The van der Waals surface area contributed by atoms with Crippen molar-refractivity contribution in [3.8, 4) is 0 Å². The fourth-order valence-corrected chi connectivity index (χ4v) is 2.40. The number of rotatable bonds is 2. The SMILES string of the molecule is CC1(C(=O)Nc2nccs2)CC1(Cl)Cl. The van der Waals surface area contributed by atoms with Crippen LogP contribution in [0.25, 0.3) is 0 Å². The van der Waals surface area contributed by atoms with Crippen LogP contribution in [-0.2, 0) is 4.79 Å². The molecule has 3 nitrogen and oxygen atoms in total. The normalized spacial score (nSPS) is 28.5. The van der Waals surface area contributed by atoms with Gasteiger partial charge in [-0.15, -0.1) is 34.5 Å². The van der Waals surface area contributed by atoms with E-state index in [0.717, 1.165) is 0 Å². The molecule has 1 amide bonds. The lowest BCUT2D eigenvalue weighted by Gasteiger charge is -2.10. The van der Waals surface area contributed by atoms with E-state index in [9.17, 15) is 4.79 Å². The van der Waals surface area contributed by atoms with Crippen LogP contribution in [-0.4, -0.2) is 15.2 Å². The van der Waals surface area contributed by atoms with Gasteiger partial charge in [-0.3, -0.25) is 4.79 Å². The number of aromatic nitrogens is 1. The first-order valence-corrected chi connectivity index (χ1v) is 5.68. The Morgan fingerprint density at radius 1 is 1.71 bits per heavy atom. The van der Waals surface area contributed by atoms with E-state index in [1.165, 1.54) is 11.3 Å². The van der Waals surface area contributed by atoms with Gasteiger partial charge in [-0.1, -0.05) is 0 Å². The number of hydrogen-bond acceptors (Lipinski definition) is 3. The van der Waals surface area contributed by atoms with Crippen LogP contribution in [0.1, 0.15) is 13.3 Å². The van der Waals surface area contributed by atoms with Gasteiger partial charge in [0.2, 0.25) is 5.91 Å². The Labute approximate surface area is 95.4 Å². The Bertz CT molecular complexity index is 365. The van der Waals surface area contributed by atoms with Crippen LogP contribution in [0.4, 0.5) is 5.13 Å². The van der Waals surface area contributed by atoms with Gasteiger partial charge in [0, 0.05) is 11.6 Å². The molecular weight excluding hydrogens is 243 g/mol. The summed E-state index contributed by atoms with van der Waals surface area (Å²) in [6.07, 6.45) is 2.12. The minimum Gasteiger partial charge on any atom is -0.301 e. The molecule has 0 bridgehead atoms. The molecule has 1 unspecified atom stereocenters. The smallest absolute Gasteiger partial charge is 0.235 e. The van der Waals surface area contributed by atoms with Crippen LogP contribution in [0.5, 0.6) is 0 Å². The molecule has 14 heavy (non-hydrogen) atoms. The highest BCUT2D eigenvalue weighted by Crippen LogP contribution is 2.64. The van der Waals surface area contributed by atoms with Crippen molar-refractivity contribution < 1.29 is 4.79 Å². The van der Waals surface area contributed by atoms with Crippen LogP contribution in [0.3, 0.4) is 0 Å². The fraction of sp³-hybridized carbons (Fsp3) is 0.500. The molecule has 1 atom stereocenters. The molecular formula is C8H8Cl2N2OS. The maximum Gasteiger partial charge on any atom is 0.235 e. The lowest BCUT2D eigenvalue weighted by Crippen LogP contribution is -2.25. The first-order valence-electron chi connectivity index (χ1n) is 4.04. The second-order valence-corrected chi connectivity index (χ2v) is 5.88. The summed E-state index contributed by atoms with van der Waals surface area (Å²) in [5.41, 5.74) is -0.679. The molecule has 2 rings (SSSR count). The summed E-state index contributed by atoms with van der Waals surface area (Å²) in [5, 5.41) is 5.05. The lowest BCUT2D eigenvalue weighted by atomic mass is 10.1. The third-order valence-corrected chi connectivity index (χ3v) is 4.20. The van der Waals surface area contributed by atoms with Gasteiger partial charge in [-0.05, 0) is 13.3 Å². The number of nitrogens with zero attached hydrogens (tertiary/aromatic N) is 1. The predicted octanol–water partition coefficient (Wildman–Crippen LogP) is 2.67. The molecule has 1 aromatic rings. The van der Waals surface area contributed by atoms with E-state index in [0.29, 0.717) is 11.6 Å². The minimum atomic E-state index is -0.922. The number of amides is 1. The van der Waals surface area contributed by atoms with E-state index in [-0.39, 0.29) is 5.91 Å². The molecule has 1 aliphatic rings. The number of thiazole rings is 1. The zero-order valence-corrected chi connectivity index (χ0v) is 9.71. The van der Waals surface area contributed by atoms with Crippen molar-refractivity contribution in [1.29, 1.82) is 0 Å². The minimum absolute atomic E-state index is 0.169. The number of hydrogen-bond donors (Lipinski definition) is 1. The summed E-state index contributed by atoms with van der Waals surface area (Å²) >= 11 is 13.1. The maximum atomic E-state index is 11.7. The number of alkyl halides is 2. The highest BCUT2D eigenvalue weighted by Gasteiger charge is 2.68. The quantitative estimate of drug-likeness (QED) is 0.821. The van der Waals surface area contributed by atoms with Crippen LogP contribution < -0.4 is 5.32 Å². The standard InChI is InChI=1S/C8H8Cl2N2OS/c1-7(4-8(7,9)10)5(13)12-6-11-2-3-14-6/h2-3H,4H2,1H3,(H,11,12,13). The van der Waals surface area contributed by atoms with Gasteiger partial charge in [0.1, 0.15) is 4.33 Å². The van der Waals surface area contributed by atoms with Gasteiger partial charge in [0.05, 0.1) is 5.41 Å². The molecule has 0 aromatic carbocycles. The Morgan fingerprint density at radius 2 is 2.36 bits per heavy atom. The van der Waals surface area contributed by atoms with E-state index in [2.05, 4.69) is 10.3 Å². The van der Waals surface area contributed by atoms with E-state index in [1.54, 1.807) is 18.5 Å². The molecule has 1 aromatic heterocycles. The van der Waals surface area contributed by atoms with Crippen molar-refractivity contribution in [2.45, 2.75) is 17.7 Å². The second-order valence-electron chi connectivity index (χ2n) is 3.50. The van der Waals surface area contributed by atoms with Crippen molar-refractivity contribution >= 4 is 45.6 Å². The maximum absolute atomic E-state index is 11.7. The monoisotopic (exact) mass is 250 g/mol. The summed E-state index contributed by atoms with van der Waals surface area (Å²) in [5.74, 6) is -0.169. The van der Waals surface area contributed by atoms with Crippen molar-refractivity contribution in [2.75, 3.05) is 5.32 Å². The van der Waals surface area contributed by atoms with Gasteiger partial charge in [-0.25, -0.2) is 4.98 Å². The number of nitrogens with one attached hydrogen (secondary N) is 1. The molecule has 0 radical (unpaired) electrons. The van der Waals surface area contributed by atoms with Gasteiger partial charge >= 0.3 is 0 Å². The molecule has 1 fully saturated rings. The Kier molecular flexibility index (Phi) is 2.25. The van der Waals surface area contributed by atoms with E-state index >= 15 is 0 Å². The average Bonchev–Trinajstić information content (AvgIpc) is 2.54.